The van der Waals surface area contributed by atoms with E-state index in [0.717, 1.165) is 24.3 Å². The first-order chi connectivity index (χ1) is 13.8. The predicted octanol–water partition coefficient (Wildman–Crippen LogP) is 2.97. The fraction of sp³-hybridized carbons (Fsp3) is 0.300. The molecule has 2 aromatic heterocycles. The summed E-state index contributed by atoms with van der Waals surface area (Å²) in [5, 5.41) is 11.7. The van der Waals surface area contributed by atoms with E-state index in [9.17, 15) is 19.7 Å². The van der Waals surface area contributed by atoms with Crippen molar-refractivity contribution in [1.82, 2.24) is 9.47 Å². The van der Waals surface area contributed by atoms with Gasteiger partial charge >= 0.3 is 11.3 Å². The minimum Gasteiger partial charge on any atom is -0.420 e. The second-order valence-electron chi connectivity index (χ2n) is 7.16. The van der Waals surface area contributed by atoms with Gasteiger partial charge in [0.2, 0.25) is 0 Å². The molecule has 1 aliphatic rings. The van der Waals surface area contributed by atoms with E-state index in [1.165, 1.54) is 22.8 Å². The van der Waals surface area contributed by atoms with E-state index in [-0.39, 0.29) is 16.8 Å². The molecular formula is C20H19N3O6. The highest BCUT2D eigenvalue weighted by Gasteiger charge is 2.24. The van der Waals surface area contributed by atoms with Crippen LogP contribution in [-0.2, 0) is 0 Å². The smallest absolute Gasteiger partial charge is 0.356 e. The fourth-order valence-corrected chi connectivity index (χ4v) is 3.57. The summed E-state index contributed by atoms with van der Waals surface area (Å²) < 4.78 is 12.2. The number of rotatable bonds is 3. The van der Waals surface area contributed by atoms with Gasteiger partial charge < -0.3 is 8.94 Å². The molecule has 3 heterocycles. The van der Waals surface area contributed by atoms with Gasteiger partial charge in [-0.15, -0.1) is 0 Å². The zero-order chi connectivity index (χ0) is 20.7. The molecule has 9 heteroatoms. The number of nitrogens with zero attached hydrogens (tertiary/aromatic N) is 3. The van der Waals surface area contributed by atoms with Crippen LogP contribution in [0.5, 0.6) is 0 Å². The van der Waals surface area contributed by atoms with Crippen molar-refractivity contribution >= 4 is 27.7 Å². The third-order valence-corrected chi connectivity index (χ3v) is 5.09. The van der Waals surface area contributed by atoms with Crippen molar-refractivity contribution in [1.29, 1.82) is 0 Å². The molecule has 0 radical (unpaired) electrons. The zero-order valence-electron chi connectivity index (χ0n) is 16.0. The largest absolute Gasteiger partial charge is 0.420 e. The van der Waals surface area contributed by atoms with E-state index in [2.05, 4.69) is 18.7 Å². The molecule has 3 aromatic rings. The topological polar surface area (TPSA) is 111 Å². The molecule has 0 saturated carbocycles. The molecule has 1 aromatic carbocycles. The number of non-ortho nitro benzene ring substituents is 1. The summed E-state index contributed by atoms with van der Waals surface area (Å²) in [7, 11) is 0. The predicted molar refractivity (Wildman–Crippen MR) is 107 cm³/mol. The molecule has 0 saturated heterocycles. The first kappa shape index (κ1) is 18.9. The van der Waals surface area contributed by atoms with Crippen LogP contribution in [0.25, 0.3) is 22.1 Å². The maximum Gasteiger partial charge on any atom is 0.356 e. The van der Waals surface area contributed by atoms with Gasteiger partial charge in [0.15, 0.2) is 5.58 Å². The van der Waals surface area contributed by atoms with Crippen molar-refractivity contribution in [2.45, 2.75) is 26.3 Å². The second-order valence-corrected chi connectivity index (χ2v) is 7.16. The van der Waals surface area contributed by atoms with E-state index < -0.39 is 16.2 Å². The Morgan fingerprint density at radius 3 is 2.55 bits per heavy atom. The highest BCUT2D eigenvalue weighted by Crippen LogP contribution is 2.34. The SMILES string of the molecule is CC(C)N1CC=C(c2c3oc(=O)ccc(=O)on2c2cc([N+](=O)[O-])ccc32)CC1. The molecule has 0 fully saturated rings. The van der Waals surface area contributed by atoms with Gasteiger partial charge in [-0.3, -0.25) is 15.0 Å². The van der Waals surface area contributed by atoms with Crippen molar-refractivity contribution in [3.63, 3.8) is 0 Å². The summed E-state index contributed by atoms with van der Waals surface area (Å²) in [6.45, 7) is 5.69. The van der Waals surface area contributed by atoms with Crippen LogP contribution in [-0.4, -0.2) is 33.5 Å². The van der Waals surface area contributed by atoms with E-state index in [0.29, 0.717) is 30.1 Å². The number of hydrogen-bond acceptors (Lipinski definition) is 7. The van der Waals surface area contributed by atoms with E-state index in [1.807, 2.05) is 6.08 Å². The van der Waals surface area contributed by atoms with Crippen molar-refractivity contribution in [3.05, 3.63) is 73.1 Å². The molecule has 0 amide bonds. The third kappa shape index (κ3) is 3.40. The van der Waals surface area contributed by atoms with Gasteiger partial charge in [0.1, 0.15) is 5.69 Å². The van der Waals surface area contributed by atoms with Gasteiger partial charge in [-0.25, -0.2) is 9.59 Å². The van der Waals surface area contributed by atoms with Crippen LogP contribution >= 0.6 is 0 Å². The summed E-state index contributed by atoms with van der Waals surface area (Å²) in [6.07, 6.45) is 2.64. The van der Waals surface area contributed by atoms with Crippen LogP contribution in [0, 0.1) is 10.1 Å². The highest BCUT2D eigenvalue weighted by molar-refractivity contribution is 6.01. The summed E-state index contributed by atoms with van der Waals surface area (Å²) in [4.78, 5) is 37.3. The zero-order valence-corrected chi connectivity index (χ0v) is 16.0. The maximum atomic E-state index is 12.2. The lowest BCUT2D eigenvalue weighted by atomic mass is 10.0. The molecule has 29 heavy (non-hydrogen) atoms. The fourth-order valence-electron chi connectivity index (χ4n) is 3.57. The quantitative estimate of drug-likeness (QED) is 0.493. The molecule has 2 bridgehead atoms. The molecule has 4 rings (SSSR count). The summed E-state index contributed by atoms with van der Waals surface area (Å²) >= 11 is 0. The minimum absolute atomic E-state index is 0.159. The minimum atomic E-state index is -0.778. The highest BCUT2D eigenvalue weighted by atomic mass is 16.6. The van der Waals surface area contributed by atoms with Crippen molar-refractivity contribution < 1.29 is 13.9 Å². The second kappa shape index (κ2) is 7.17. The van der Waals surface area contributed by atoms with Crippen LogP contribution < -0.4 is 11.3 Å². The molecule has 0 N–H and O–H groups in total. The Morgan fingerprint density at radius 2 is 1.90 bits per heavy atom. The Morgan fingerprint density at radius 1 is 1.14 bits per heavy atom. The average molecular weight is 397 g/mol. The lowest BCUT2D eigenvalue weighted by molar-refractivity contribution is -0.384. The third-order valence-electron chi connectivity index (χ3n) is 5.09. The molecule has 1 aliphatic heterocycles. The Hall–Kier alpha value is -3.46. The molecule has 0 aliphatic carbocycles. The van der Waals surface area contributed by atoms with Gasteiger partial charge in [-0.2, -0.15) is 4.57 Å². The molecule has 0 atom stereocenters. The van der Waals surface area contributed by atoms with Crippen molar-refractivity contribution in [3.8, 4) is 0 Å². The van der Waals surface area contributed by atoms with E-state index in [1.54, 1.807) is 0 Å². The number of hydrogen-bond donors (Lipinski definition) is 0. The van der Waals surface area contributed by atoms with Crippen molar-refractivity contribution in [2.24, 2.45) is 0 Å². The number of benzene rings is 1. The van der Waals surface area contributed by atoms with Crippen molar-refractivity contribution in [2.75, 3.05) is 13.1 Å². The monoisotopic (exact) mass is 397 g/mol. The molecule has 0 unspecified atom stereocenters. The lowest BCUT2D eigenvalue weighted by Gasteiger charge is -2.29. The van der Waals surface area contributed by atoms with Gasteiger partial charge in [0, 0.05) is 48.8 Å². The molecular weight excluding hydrogens is 378 g/mol. The number of fused-ring (bicyclic) bond motifs is 5. The molecule has 9 nitrogen and oxygen atoms in total. The first-order valence-corrected chi connectivity index (χ1v) is 9.23. The van der Waals surface area contributed by atoms with E-state index >= 15 is 0 Å². The summed E-state index contributed by atoms with van der Waals surface area (Å²) in [6, 6.07) is 6.47. The average Bonchev–Trinajstić information content (AvgIpc) is 3.01. The van der Waals surface area contributed by atoms with Gasteiger partial charge in [0.05, 0.1) is 10.4 Å². The van der Waals surface area contributed by atoms with E-state index in [4.69, 9.17) is 8.94 Å². The Kier molecular flexibility index (Phi) is 4.67. The van der Waals surface area contributed by atoms with Crippen LogP contribution in [0.3, 0.4) is 0 Å². The van der Waals surface area contributed by atoms with Crippen LogP contribution in [0.2, 0.25) is 0 Å². The molecule has 0 spiro atoms. The maximum absolute atomic E-state index is 12.2. The number of nitro groups is 1. The first-order valence-electron chi connectivity index (χ1n) is 9.23. The summed E-state index contributed by atoms with van der Waals surface area (Å²) in [5.41, 5.74) is 0.125. The van der Waals surface area contributed by atoms with Crippen LogP contribution in [0.1, 0.15) is 26.0 Å². The number of nitro benzene ring substituents is 1. The lowest BCUT2D eigenvalue weighted by Crippen LogP contribution is -2.34. The van der Waals surface area contributed by atoms with Gasteiger partial charge in [0.25, 0.3) is 5.69 Å². The normalized spacial score (nSPS) is 15.1. The number of aromatic nitrogens is 1. The summed E-state index contributed by atoms with van der Waals surface area (Å²) in [5.74, 6) is 0. The Labute approximate surface area is 164 Å². The van der Waals surface area contributed by atoms with Gasteiger partial charge in [-0.05, 0) is 31.9 Å². The van der Waals surface area contributed by atoms with Crippen LogP contribution in [0.15, 0.2) is 54.9 Å². The van der Waals surface area contributed by atoms with Crippen LogP contribution in [0.4, 0.5) is 5.69 Å². The standard InChI is InChI=1S/C20H19N3O6/c1-12(2)21-9-7-13(8-10-21)19-20-15-4-3-14(23(26)27)11-16(15)22(19)29-18(25)6-5-17(24)28-20/h3-7,11-12H,8-10H2,1-2H3. The van der Waals surface area contributed by atoms with Gasteiger partial charge in [-0.1, -0.05) is 6.08 Å². The Balaban J connectivity index is 2.11. The Bertz CT molecular complexity index is 1300. The molecule has 150 valence electrons.